The summed E-state index contributed by atoms with van der Waals surface area (Å²) in [6.45, 7) is -0.191. The molecule has 0 bridgehead atoms. The second-order valence-corrected chi connectivity index (χ2v) is 3.82. The summed E-state index contributed by atoms with van der Waals surface area (Å²) in [4.78, 5) is 11.9. The lowest BCUT2D eigenvalue weighted by Gasteiger charge is -2.16. The maximum absolute atomic E-state index is 11.9. The molecule has 1 heterocycles. The van der Waals surface area contributed by atoms with Crippen molar-refractivity contribution in [2.45, 2.75) is 6.04 Å². The first-order chi connectivity index (χ1) is 8.72. The number of nitrogen functional groups attached to an aromatic ring is 1. The molecular weight excluding hydrogens is 232 g/mol. The number of aromatic nitrogens is 2. The van der Waals surface area contributed by atoms with E-state index in [0.717, 1.165) is 5.56 Å². The molecule has 0 aliphatic carbocycles. The molecule has 0 aliphatic rings. The number of aliphatic hydroxyl groups is 1. The van der Waals surface area contributed by atoms with E-state index in [2.05, 4.69) is 15.5 Å². The monoisotopic (exact) mass is 246 g/mol. The van der Waals surface area contributed by atoms with Crippen LogP contribution in [0, 0.1) is 0 Å². The van der Waals surface area contributed by atoms with Crippen LogP contribution in [-0.4, -0.2) is 27.8 Å². The Balaban J connectivity index is 2.13. The minimum absolute atomic E-state index is 0.191. The average molecular weight is 246 g/mol. The van der Waals surface area contributed by atoms with Gasteiger partial charge in [0, 0.05) is 0 Å². The normalized spacial score (nSPS) is 12.1. The van der Waals surface area contributed by atoms with Gasteiger partial charge >= 0.3 is 0 Å². The second kappa shape index (κ2) is 5.33. The third-order valence-electron chi connectivity index (χ3n) is 2.59. The second-order valence-electron chi connectivity index (χ2n) is 3.82. The highest BCUT2D eigenvalue weighted by atomic mass is 16.3. The Hall–Kier alpha value is -2.34. The Morgan fingerprint density at radius 1 is 1.44 bits per heavy atom. The molecule has 2 rings (SSSR count). The number of rotatable bonds is 4. The number of aliphatic hydroxyl groups excluding tert-OH is 1. The van der Waals surface area contributed by atoms with E-state index in [-0.39, 0.29) is 18.0 Å². The molecule has 94 valence electrons. The largest absolute Gasteiger partial charge is 0.396 e. The molecule has 0 unspecified atom stereocenters. The lowest BCUT2D eigenvalue weighted by atomic mass is 10.1. The molecule has 0 fully saturated rings. The van der Waals surface area contributed by atoms with Crippen molar-refractivity contribution in [1.29, 1.82) is 0 Å². The fourth-order valence-electron chi connectivity index (χ4n) is 1.63. The molecular formula is C12H14N4O2. The van der Waals surface area contributed by atoms with Crippen LogP contribution in [0.1, 0.15) is 22.1 Å². The first-order valence-corrected chi connectivity index (χ1v) is 5.48. The highest BCUT2D eigenvalue weighted by molar-refractivity contribution is 5.97. The molecule has 18 heavy (non-hydrogen) atoms. The minimum atomic E-state index is -0.471. The van der Waals surface area contributed by atoms with E-state index in [4.69, 9.17) is 5.73 Å². The number of hydrogen-bond acceptors (Lipinski definition) is 4. The summed E-state index contributed by atoms with van der Waals surface area (Å²) in [7, 11) is 0. The predicted molar refractivity (Wildman–Crippen MR) is 66.7 cm³/mol. The van der Waals surface area contributed by atoms with Gasteiger partial charge in [0.05, 0.1) is 24.5 Å². The molecule has 0 saturated heterocycles. The molecule has 2 aromatic rings. The maximum Gasteiger partial charge on any atom is 0.272 e. The van der Waals surface area contributed by atoms with Crippen LogP contribution in [0.15, 0.2) is 36.5 Å². The lowest BCUT2D eigenvalue weighted by molar-refractivity contribution is 0.0912. The molecule has 0 spiro atoms. The van der Waals surface area contributed by atoms with Crippen molar-refractivity contribution in [3.05, 3.63) is 47.8 Å². The molecule has 1 amide bonds. The first-order valence-electron chi connectivity index (χ1n) is 5.48. The van der Waals surface area contributed by atoms with E-state index >= 15 is 0 Å². The quantitative estimate of drug-likeness (QED) is 0.629. The highest BCUT2D eigenvalue weighted by Gasteiger charge is 2.17. The van der Waals surface area contributed by atoms with Crippen LogP contribution in [0.5, 0.6) is 0 Å². The van der Waals surface area contributed by atoms with Crippen LogP contribution in [0.2, 0.25) is 0 Å². The summed E-state index contributed by atoms with van der Waals surface area (Å²) in [5, 5.41) is 18.2. The third-order valence-corrected chi connectivity index (χ3v) is 2.59. The van der Waals surface area contributed by atoms with Crippen molar-refractivity contribution >= 4 is 11.6 Å². The van der Waals surface area contributed by atoms with Gasteiger partial charge in [0.1, 0.15) is 5.69 Å². The fraction of sp³-hybridized carbons (Fsp3) is 0.167. The van der Waals surface area contributed by atoms with Crippen molar-refractivity contribution < 1.29 is 9.90 Å². The summed E-state index contributed by atoms with van der Waals surface area (Å²) >= 11 is 0. The molecule has 1 atom stereocenters. The van der Waals surface area contributed by atoms with Gasteiger partial charge in [-0.15, -0.1) is 0 Å². The van der Waals surface area contributed by atoms with E-state index in [1.165, 1.54) is 6.20 Å². The van der Waals surface area contributed by atoms with Gasteiger partial charge in [0.15, 0.2) is 0 Å². The molecule has 0 saturated carbocycles. The molecule has 1 aromatic heterocycles. The van der Waals surface area contributed by atoms with Crippen molar-refractivity contribution in [2.24, 2.45) is 0 Å². The van der Waals surface area contributed by atoms with Crippen LogP contribution in [-0.2, 0) is 0 Å². The minimum Gasteiger partial charge on any atom is -0.396 e. The number of carbonyl (C=O) groups is 1. The number of benzene rings is 1. The zero-order valence-corrected chi connectivity index (χ0v) is 9.63. The molecule has 0 radical (unpaired) electrons. The SMILES string of the molecule is Nc1cn[nH]c1C(=O)N[C@H](CO)c1ccccc1. The van der Waals surface area contributed by atoms with Crippen LogP contribution >= 0.6 is 0 Å². The van der Waals surface area contributed by atoms with Gasteiger partial charge in [-0.1, -0.05) is 30.3 Å². The number of amides is 1. The Morgan fingerprint density at radius 3 is 2.72 bits per heavy atom. The van der Waals surface area contributed by atoms with Gasteiger partial charge in [-0.2, -0.15) is 5.10 Å². The predicted octanol–water partition coefficient (Wildman–Crippen LogP) is 0.455. The molecule has 5 N–H and O–H groups in total. The highest BCUT2D eigenvalue weighted by Crippen LogP contribution is 2.13. The van der Waals surface area contributed by atoms with Crippen LogP contribution < -0.4 is 11.1 Å². The fourth-order valence-corrected chi connectivity index (χ4v) is 1.63. The molecule has 6 heteroatoms. The van der Waals surface area contributed by atoms with E-state index in [1.54, 1.807) is 0 Å². The number of nitrogens with one attached hydrogen (secondary N) is 2. The van der Waals surface area contributed by atoms with Crippen molar-refractivity contribution in [3.8, 4) is 0 Å². The molecule has 6 nitrogen and oxygen atoms in total. The number of nitrogens with two attached hydrogens (primary N) is 1. The van der Waals surface area contributed by atoms with E-state index in [1.807, 2.05) is 30.3 Å². The standard InChI is InChI=1S/C12H14N4O2/c13-9-6-14-16-11(9)12(18)15-10(7-17)8-4-2-1-3-5-8/h1-6,10,17H,7,13H2,(H,14,16)(H,15,18)/t10-/m1/s1. The Labute approximate surface area is 104 Å². The average Bonchev–Trinajstić information content (AvgIpc) is 2.83. The summed E-state index contributed by atoms with van der Waals surface area (Å²) in [5.41, 5.74) is 6.88. The van der Waals surface area contributed by atoms with E-state index < -0.39 is 11.9 Å². The summed E-state index contributed by atoms with van der Waals surface area (Å²) in [5.74, 6) is -0.395. The molecule has 1 aromatic carbocycles. The van der Waals surface area contributed by atoms with Gasteiger partial charge in [-0.3, -0.25) is 9.89 Å². The summed E-state index contributed by atoms with van der Waals surface area (Å²) in [6.07, 6.45) is 1.37. The first kappa shape index (κ1) is 12.1. The maximum atomic E-state index is 11.9. The molecule has 0 aliphatic heterocycles. The number of nitrogens with zero attached hydrogens (tertiary/aromatic N) is 1. The summed E-state index contributed by atoms with van der Waals surface area (Å²) < 4.78 is 0. The van der Waals surface area contributed by atoms with Gasteiger partial charge in [-0.05, 0) is 5.56 Å². The third kappa shape index (κ3) is 2.49. The van der Waals surface area contributed by atoms with Crippen molar-refractivity contribution in [1.82, 2.24) is 15.5 Å². The lowest BCUT2D eigenvalue weighted by Crippen LogP contribution is -2.31. The van der Waals surface area contributed by atoms with Crippen LogP contribution in [0.4, 0.5) is 5.69 Å². The smallest absolute Gasteiger partial charge is 0.272 e. The Morgan fingerprint density at radius 2 is 2.17 bits per heavy atom. The van der Waals surface area contributed by atoms with Crippen molar-refractivity contribution in [3.63, 3.8) is 0 Å². The summed E-state index contributed by atoms with van der Waals surface area (Å²) in [6, 6.07) is 8.74. The number of H-pyrrole nitrogens is 1. The number of hydrogen-bond donors (Lipinski definition) is 4. The van der Waals surface area contributed by atoms with Crippen LogP contribution in [0.25, 0.3) is 0 Å². The van der Waals surface area contributed by atoms with Gasteiger partial charge in [0.25, 0.3) is 5.91 Å². The number of anilines is 1. The van der Waals surface area contributed by atoms with E-state index in [0.29, 0.717) is 0 Å². The topological polar surface area (TPSA) is 104 Å². The van der Waals surface area contributed by atoms with Gasteiger partial charge in [-0.25, -0.2) is 0 Å². The number of aromatic amines is 1. The van der Waals surface area contributed by atoms with Crippen LogP contribution in [0.3, 0.4) is 0 Å². The zero-order valence-electron chi connectivity index (χ0n) is 9.63. The number of carbonyl (C=O) groups excluding carboxylic acids is 1. The zero-order chi connectivity index (χ0) is 13.0. The van der Waals surface area contributed by atoms with E-state index in [9.17, 15) is 9.90 Å². The Bertz CT molecular complexity index is 524. The van der Waals surface area contributed by atoms with Gasteiger partial charge in [0.2, 0.25) is 0 Å². The van der Waals surface area contributed by atoms with Crippen molar-refractivity contribution in [2.75, 3.05) is 12.3 Å². The Kier molecular flexibility index (Phi) is 3.59. The van der Waals surface area contributed by atoms with Gasteiger partial charge < -0.3 is 16.2 Å².